The summed E-state index contributed by atoms with van der Waals surface area (Å²) in [7, 11) is -1.93. The number of anilines is 1. The third-order valence-electron chi connectivity index (χ3n) is 4.44. The summed E-state index contributed by atoms with van der Waals surface area (Å²) in [6, 6.07) is 14.2. The maximum absolute atomic E-state index is 12.3. The molecule has 4 rings (SSSR count). The first-order chi connectivity index (χ1) is 14.0. The smallest absolute Gasteiger partial charge is 0.236 e. The molecular weight excluding hydrogens is 410 g/mol. The topological polar surface area (TPSA) is 82.5 Å². The maximum Gasteiger partial charge on any atom is 0.236 e. The van der Waals surface area contributed by atoms with Gasteiger partial charge >= 0.3 is 0 Å². The van der Waals surface area contributed by atoms with Crippen LogP contribution in [0.15, 0.2) is 59.9 Å². The summed E-state index contributed by atoms with van der Waals surface area (Å²) in [5.41, 5.74) is 2.37. The quantitative estimate of drug-likeness (QED) is 0.588. The van der Waals surface area contributed by atoms with Crippen molar-refractivity contribution in [3.63, 3.8) is 0 Å². The Labute approximate surface area is 174 Å². The standard InChI is InChI=1S/C20H21N3O4S2/c1-26-17-6-8-18(9-7-17)27-11-13-29(24,25)22-16-4-2-15(3-5-16)19-14-23-10-12-28-20(23)21-19/h2-9,14,22H,10-13H2,1H3. The number of fused-ring (bicyclic) bond motifs is 1. The highest BCUT2D eigenvalue weighted by Gasteiger charge is 2.16. The highest BCUT2D eigenvalue weighted by atomic mass is 32.2. The van der Waals surface area contributed by atoms with Crippen LogP contribution in [-0.4, -0.2) is 43.2 Å². The van der Waals surface area contributed by atoms with Crippen LogP contribution in [0.3, 0.4) is 0 Å². The minimum Gasteiger partial charge on any atom is -0.497 e. The van der Waals surface area contributed by atoms with E-state index in [-0.39, 0.29) is 12.4 Å². The van der Waals surface area contributed by atoms with Gasteiger partial charge in [-0.15, -0.1) is 0 Å². The SMILES string of the molecule is COc1ccc(OCCS(=O)(=O)Nc2ccc(-c3cn4c(n3)SCC4)cc2)cc1. The number of rotatable bonds is 8. The van der Waals surface area contributed by atoms with E-state index in [1.807, 2.05) is 18.3 Å². The highest BCUT2D eigenvalue weighted by Crippen LogP contribution is 2.29. The molecule has 0 bridgehead atoms. The molecular formula is C20H21N3O4S2. The van der Waals surface area contributed by atoms with Crippen molar-refractivity contribution >= 4 is 27.5 Å². The van der Waals surface area contributed by atoms with Crippen LogP contribution in [0.5, 0.6) is 11.5 Å². The van der Waals surface area contributed by atoms with Gasteiger partial charge in [-0.25, -0.2) is 13.4 Å². The molecule has 0 aliphatic carbocycles. The Bertz CT molecular complexity index is 1060. The largest absolute Gasteiger partial charge is 0.497 e. The van der Waals surface area contributed by atoms with Crippen LogP contribution in [0.25, 0.3) is 11.3 Å². The number of thioether (sulfide) groups is 1. The molecule has 9 heteroatoms. The second-order valence-electron chi connectivity index (χ2n) is 6.47. The van der Waals surface area contributed by atoms with Gasteiger partial charge in [-0.1, -0.05) is 23.9 Å². The minimum absolute atomic E-state index is 0.0532. The summed E-state index contributed by atoms with van der Waals surface area (Å²) in [6.45, 7) is 1.03. The summed E-state index contributed by atoms with van der Waals surface area (Å²) < 4.78 is 39.9. The molecule has 7 nitrogen and oxygen atoms in total. The van der Waals surface area contributed by atoms with Crippen LogP contribution in [0.4, 0.5) is 5.69 Å². The van der Waals surface area contributed by atoms with E-state index in [1.54, 1.807) is 55.3 Å². The summed E-state index contributed by atoms with van der Waals surface area (Å²) in [5.74, 6) is 2.22. The fraction of sp³-hybridized carbons (Fsp3) is 0.250. The number of nitrogens with one attached hydrogen (secondary N) is 1. The van der Waals surface area contributed by atoms with E-state index < -0.39 is 10.0 Å². The van der Waals surface area contributed by atoms with Gasteiger partial charge in [0.2, 0.25) is 10.0 Å². The summed E-state index contributed by atoms with van der Waals surface area (Å²) in [4.78, 5) is 4.61. The first kappa shape index (κ1) is 19.7. The lowest BCUT2D eigenvalue weighted by Crippen LogP contribution is -2.21. The van der Waals surface area contributed by atoms with E-state index >= 15 is 0 Å². The number of aromatic nitrogens is 2. The Balaban J connectivity index is 1.32. The average Bonchev–Trinajstić information content (AvgIpc) is 3.31. The van der Waals surface area contributed by atoms with Crippen molar-refractivity contribution in [1.82, 2.24) is 9.55 Å². The molecule has 1 aliphatic rings. The van der Waals surface area contributed by atoms with Gasteiger partial charge in [-0.05, 0) is 36.4 Å². The van der Waals surface area contributed by atoms with Gasteiger partial charge in [0.1, 0.15) is 23.9 Å². The number of ether oxygens (including phenoxy) is 2. The lowest BCUT2D eigenvalue weighted by molar-refractivity contribution is 0.340. The summed E-state index contributed by atoms with van der Waals surface area (Å²) in [6.07, 6.45) is 2.03. The zero-order chi connectivity index (χ0) is 20.3. The minimum atomic E-state index is -3.52. The van der Waals surface area contributed by atoms with Crippen LogP contribution < -0.4 is 14.2 Å². The number of hydrogen-bond acceptors (Lipinski definition) is 6. The molecule has 29 heavy (non-hydrogen) atoms. The fourth-order valence-electron chi connectivity index (χ4n) is 2.93. The van der Waals surface area contributed by atoms with Crippen LogP contribution in [0.2, 0.25) is 0 Å². The lowest BCUT2D eigenvalue weighted by atomic mass is 10.1. The number of benzene rings is 2. The monoisotopic (exact) mass is 431 g/mol. The molecule has 0 atom stereocenters. The van der Waals surface area contributed by atoms with Crippen LogP contribution >= 0.6 is 11.8 Å². The number of sulfonamides is 1. The van der Waals surface area contributed by atoms with Crippen molar-refractivity contribution in [2.45, 2.75) is 11.7 Å². The van der Waals surface area contributed by atoms with Crippen molar-refractivity contribution in [2.75, 3.05) is 29.9 Å². The Morgan fingerprint density at radius 3 is 2.52 bits per heavy atom. The van der Waals surface area contributed by atoms with E-state index in [2.05, 4.69) is 14.3 Å². The van der Waals surface area contributed by atoms with Gasteiger partial charge in [0.15, 0.2) is 5.16 Å². The predicted octanol–water partition coefficient (Wildman–Crippen LogP) is 3.49. The highest BCUT2D eigenvalue weighted by molar-refractivity contribution is 7.99. The van der Waals surface area contributed by atoms with Crippen molar-refractivity contribution in [1.29, 1.82) is 0 Å². The lowest BCUT2D eigenvalue weighted by Gasteiger charge is -2.10. The van der Waals surface area contributed by atoms with Gasteiger partial charge in [-0.3, -0.25) is 4.72 Å². The number of imidazole rings is 1. The molecule has 0 saturated heterocycles. The van der Waals surface area contributed by atoms with Crippen molar-refractivity contribution in [2.24, 2.45) is 0 Å². The zero-order valence-electron chi connectivity index (χ0n) is 15.9. The molecule has 1 aliphatic heterocycles. The van der Waals surface area contributed by atoms with Gasteiger partial charge in [0.25, 0.3) is 0 Å². The van der Waals surface area contributed by atoms with Gasteiger partial charge in [0, 0.05) is 29.7 Å². The molecule has 0 spiro atoms. The van der Waals surface area contributed by atoms with E-state index in [1.165, 1.54) is 0 Å². The fourth-order valence-corrected chi connectivity index (χ4v) is 4.77. The third-order valence-corrected chi connectivity index (χ3v) is 6.66. The van der Waals surface area contributed by atoms with E-state index in [0.29, 0.717) is 17.2 Å². The second-order valence-corrected chi connectivity index (χ2v) is 9.38. The molecule has 0 unspecified atom stereocenters. The average molecular weight is 432 g/mol. The predicted molar refractivity (Wildman–Crippen MR) is 114 cm³/mol. The van der Waals surface area contributed by atoms with Gasteiger partial charge < -0.3 is 14.0 Å². The van der Waals surface area contributed by atoms with Crippen LogP contribution in [0, 0.1) is 0 Å². The molecule has 0 radical (unpaired) electrons. The second kappa shape index (κ2) is 8.38. The number of nitrogens with zero attached hydrogens (tertiary/aromatic N) is 2. The molecule has 1 N–H and O–H groups in total. The molecule has 3 aromatic rings. The maximum atomic E-state index is 12.3. The zero-order valence-corrected chi connectivity index (χ0v) is 17.5. The first-order valence-corrected chi connectivity index (χ1v) is 11.7. The van der Waals surface area contributed by atoms with E-state index in [0.717, 1.165) is 28.7 Å². The summed E-state index contributed by atoms with van der Waals surface area (Å²) >= 11 is 1.74. The van der Waals surface area contributed by atoms with E-state index in [4.69, 9.17) is 9.47 Å². The molecule has 0 saturated carbocycles. The number of methoxy groups -OCH3 is 1. The summed E-state index contributed by atoms with van der Waals surface area (Å²) in [5, 5.41) is 1.03. The molecule has 0 fully saturated rings. The molecule has 1 aromatic heterocycles. The Morgan fingerprint density at radius 1 is 1.10 bits per heavy atom. The van der Waals surface area contributed by atoms with Gasteiger partial charge in [-0.2, -0.15) is 0 Å². The third kappa shape index (κ3) is 4.86. The molecule has 0 amide bonds. The number of aryl methyl sites for hydroxylation is 1. The van der Waals surface area contributed by atoms with Crippen molar-refractivity contribution in [3.8, 4) is 22.8 Å². The van der Waals surface area contributed by atoms with E-state index in [9.17, 15) is 8.42 Å². The van der Waals surface area contributed by atoms with Crippen molar-refractivity contribution < 1.29 is 17.9 Å². The van der Waals surface area contributed by atoms with Crippen LogP contribution in [-0.2, 0) is 16.6 Å². The van der Waals surface area contributed by atoms with Crippen LogP contribution in [0.1, 0.15) is 0 Å². The Hall–Kier alpha value is -2.65. The Morgan fingerprint density at radius 2 is 1.83 bits per heavy atom. The normalized spacial score (nSPS) is 13.1. The number of hydrogen-bond donors (Lipinski definition) is 1. The van der Waals surface area contributed by atoms with Gasteiger partial charge in [0.05, 0.1) is 12.8 Å². The Kier molecular flexibility index (Phi) is 5.68. The molecule has 152 valence electrons. The molecule has 2 heterocycles. The van der Waals surface area contributed by atoms with Crippen molar-refractivity contribution in [3.05, 3.63) is 54.7 Å². The molecule has 2 aromatic carbocycles. The first-order valence-electron chi connectivity index (χ1n) is 9.10.